The standard InChI is InChI=1S/C19H22N2O6S/c1-6-27-19(24)21-17(23)15-10(2)11(3)28-18(15)20-16(22)12-7-13(25-4)9-14(8-12)26-5/h7-9H,6H2,1-5H3,(H,20,22)(H,21,23,24). The van der Waals surface area contributed by atoms with Crippen molar-refractivity contribution in [2.45, 2.75) is 20.8 Å². The Balaban J connectivity index is 2.31. The van der Waals surface area contributed by atoms with Crippen molar-refractivity contribution in [3.63, 3.8) is 0 Å². The van der Waals surface area contributed by atoms with Crippen molar-refractivity contribution in [1.82, 2.24) is 5.32 Å². The second-order valence-corrected chi connectivity index (χ2v) is 6.94. The Hall–Kier alpha value is -3.07. The van der Waals surface area contributed by atoms with E-state index in [0.717, 1.165) is 4.88 Å². The molecule has 1 aromatic heterocycles. The number of hydrogen-bond donors (Lipinski definition) is 2. The maximum atomic E-state index is 12.7. The number of hydrogen-bond acceptors (Lipinski definition) is 7. The van der Waals surface area contributed by atoms with Gasteiger partial charge in [-0.25, -0.2) is 4.79 Å². The molecule has 0 bridgehead atoms. The number of amides is 3. The molecule has 0 unspecified atom stereocenters. The van der Waals surface area contributed by atoms with E-state index in [9.17, 15) is 14.4 Å². The summed E-state index contributed by atoms with van der Waals surface area (Å²) in [6.45, 7) is 5.35. The first kappa shape index (κ1) is 21.2. The maximum Gasteiger partial charge on any atom is 0.414 e. The summed E-state index contributed by atoms with van der Waals surface area (Å²) in [5.74, 6) is -0.158. The van der Waals surface area contributed by atoms with E-state index < -0.39 is 17.9 Å². The molecule has 0 fully saturated rings. The highest BCUT2D eigenvalue weighted by atomic mass is 32.1. The van der Waals surface area contributed by atoms with Gasteiger partial charge in [-0.15, -0.1) is 11.3 Å². The minimum absolute atomic E-state index is 0.141. The molecular formula is C19H22N2O6S. The first-order valence-electron chi connectivity index (χ1n) is 8.43. The normalized spacial score (nSPS) is 10.2. The van der Waals surface area contributed by atoms with Gasteiger partial charge in [0.15, 0.2) is 0 Å². The fraction of sp³-hybridized carbons (Fsp3) is 0.316. The van der Waals surface area contributed by atoms with Gasteiger partial charge in [-0.05, 0) is 38.5 Å². The SMILES string of the molecule is CCOC(=O)NC(=O)c1c(NC(=O)c2cc(OC)cc(OC)c2)sc(C)c1C. The molecule has 28 heavy (non-hydrogen) atoms. The van der Waals surface area contributed by atoms with Gasteiger partial charge in [0.25, 0.3) is 11.8 Å². The number of aryl methyl sites for hydroxylation is 1. The molecule has 8 nitrogen and oxygen atoms in total. The number of benzene rings is 1. The molecule has 9 heteroatoms. The fourth-order valence-corrected chi connectivity index (χ4v) is 3.48. The Morgan fingerprint density at radius 1 is 1.00 bits per heavy atom. The average Bonchev–Trinajstić information content (AvgIpc) is 2.94. The van der Waals surface area contributed by atoms with Gasteiger partial charge < -0.3 is 19.5 Å². The number of nitrogens with one attached hydrogen (secondary N) is 2. The van der Waals surface area contributed by atoms with Crippen molar-refractivity contribution in [3.8, 4) is 11.5 Å². The summed E-state index contributed by atoms with van der Waals surface area (Å²) < 4.78 is 15.1. The predicted octanol–water partition coefficient (Wildman–Crippen LogP) is 3.52. The van der Waals surface area contributed by atoms with Gasteiger partial charge in [0.05, 0.1) is 26.4 Å². The van der Waals surface area contributed by atoms with Crippen LogP contribution in [0.15, 0.2) is 18.2 Å². The van der Waals surface area contributed by atoms with Crippen molar-refractivity contribution in [1.29, 1.82) is 0 Å². The van der Waals surface area contributed by atoms with Gasteiger partial charge in [0, 0.05) is 16.5 Å². The van der Waals surface area contributed by atoms with Gasteiger partial charge in [0.2, 0.25) is 0 Å². The Labute approximate surface area is 166 Å². The number of imide groups is 1. The zero-order chi connectivity index (χ0) is 20.8. The van der Waals surface area contributed by atoms with Crippen molar-refractivity contribution in [2.24, 2.45) is 0 Å². The zero-order valence-corrected chi connectivity index (χ0v) is 17.1. The lowest BCUT2D eigenvalue weighted by Crippen LogP contribution is -2.31. The number of carbonyl (C=O) groups excluding carboxylic acids is 3. The lowest BCUT2D eigenvalue weighted by atomic mass is 10.1. The quantitative estimate of drug-likeness (QED) is 0.761. The minimum Gasteiger partial charge on any atom is -0.497 e. The average molecular weight is 406 g/mol. The van der Waals surface area contributed by atoms with Crippen molar-refractivity contribution >= 4 is 34.2 Å². The van der Waals surface area contributed by atoms with E-state index in [2.05, 4.69) is 10.6 Å². The molecule has 150 valence electrons. The summed E-state index contributed by atoms with van der Waals surface area (Å²) in [6, 6.07) is 4.77. The number of alkyl carbamates (subject to hydrolysis) is 1. The van der Waals surface area contributed by atoms with Gasteiger partial charge in [-0.1, -0.05) is 0 Å². The first-order valence-corrected chi connectivity index (χ1v) is 9.24. The first-order chi connectivity index (χ1) is 13.3. The molecule has 1 heterocycles. The fourth-order valence-electron chi connectivity index (χ4n) is 2.42. The van der Waals surface area contributed by atoms with Crippen molar-refractivity contribution < 1.29 is 28.6 Å². The molecule has 1 aromatic carbocycles. The van der Waals surface area contributed by atoms with Gasteiger partial charge in [-0.2, -0.15) is 0 Å². The molecule has 0 atom stereocenters. The highest BCUT2D eigenvalue weighted by molar-refractivity contribution is 7.16. The minimum atomic E-state index is -0.842. The number of ether oxygens (including phenoxy) is 3. The number of thiophene rings is 1. The largest absolute Gasteiger partial charge is 0.497 e. The predicted molar refractivity (Wildman–Crippen MR) is 106 cm³/mol. The Bertz CT molecular complexity index is 884. The molecule has 0 saturated carbocycles. The lowest BCUT2D eigenvalue weighted by molar-refractivity contribution is 0.0925. The molecule has 2 N–H and O–H groups in total. The topological polar surface area (TPSA) is 103 Å². The van der Waals surface area contributed by atoms with Crippen LogP contribution in [0.1, 0.15) is 38.1 Å². The van der Waals surface area contributed by atoms with Gasteiger partial charge >= 0.3 is 6.09 Å². The van der Waals surface area contributed by atoms with Crippen LogP contribution in [0.5, 0.6) is 11.5 Å². The number of anilines is 1. The van der Waals surface area contributed by atoms with Gasteiger partial charge in [-0.3, -0.25) is 14.9 Å². The van der Waals surface area contributed by atoms with Crippen LogP contribution in [0.4, 0.5) is 9.80 Å². The van der Waals surface area contributed by atoms with E-state index in [1.165, 1.54) is 25.6 Å². The molecule has 0 aliphatic rings. The summed E-state index contributed by atoms with van der Waals surface area (Å²) in [7, 11) is 2.97. The Morgan fingerprint density at radius 3 is 2.14 bits per heavy atom. The van der Waals surface area contributed by atoms with E-state index in [1.54, 1.807) is 32.0 Å². The van der Waals surface area contributed by atoms with Crippen LogP contribution < -0.4 is 20.1 Å². The van der Waals surface area contributed by atoms with E-state index in [-0.39, 0.29) is 12.2 Å². The van der Waals surface area contributed by atoms with Crippen LogP contribution in [0, 0.1) is 13.8 Å². The monoisotopic (exact) mass is 406 g/mol. The molecule has 0 spiro atoms. The molecule has 0 radical (unpaired) electrons. The third kappa shape index (κ3) is 4.80. The maximum absolute atomic E-state index is 12.7. The summed E-state index contributed by atoms with van der Waals surface area (Å²) in [4.78, 5) is 37.7. The smallest absolute Gasteiger partial charge is 0.414 e. The molecular weight excluding hydrogens is 384 g/mol. The van der Waals surface area contributed by atoms with Crippen LogP contribution >= 0.6 is 11.3 Å². The van der Waals surface area contributed by atoms with E-state index in [0.29, 0.717) is 27.6 Å². The second kappa shape index (κ2) is 9.23. The van der Waals surface area contributed by atoms with Crippen LogP contribution in [-0.4, -0.2) is 38.7 Å². The molecule has 2 aromatic rings. The van der Waals surface area contributed by atoms with E-state index >= 15 is 0 Å². The zero-order valence-electron chi connectivity index (χ0n) is 16.3. The highest BCUT2D eigenvalue weighted by Gasteiger charge is 2.23. The van der Waals surface area contributed by atoms with Crippen molar-refractivity contribution in [2.75, 3.05) is 26.1 Å². The van der Waals surface area contributed by atoms with Crippen LogP contribution in [0.2, 0.25) is 0 Å². The van der Waals surface area contributed by atoms with Crippen LogP contribution in [0.3, 0.4) is 0 Å². The van der Waals surface area contributed by atoms with E-state index in [1.807, 2.05) is 6.92 Å². The Morgan fingerprint density at radius 2 is 1.61 bits per heavy atom. The third-order valence-electron chi connectivity index (χ3n) is 3.94. The third-order valence-corrected chi connectivity index (χ3v) is 5.07. The van der Waals surface area contributed by atoms with Crippen LogP contribution in [0.25, 0.3) is 0 Å². The number of methoxy groups -OCH3 is 2. The van der Waals surface area contributed by atoms with Crippen LogP contribution in [-0.2, 0) is 4.74 Å². The molecule has 0 aliphatic heterocycles. The Kier molecular flexibility index (Phi) is 7.00. The molecule has 3 amide bonds. The second-order valence-electron chi connectivity index (χ2n) is 5.72. The van der Waals surface area contributed by atoms with E-state index in [4.69, 9.17) is 14.2 Å². The highest BCUT2D eigenvalue weighted by Crippen LogP contribution is 2.33. The van der Waals surface area contributed by atoms with Gasteiger partial charge in [0.1, 0.15) is 16.5 Å². The number of rotatable bonds is 6. The summed E-state index contributed by atoms with van der Waals surface area (Å²) >= 11 is 1.25. The van der Waals surface area contributed by atoms with Crippen molar-refractivity contribution in [3.05, 3.63) is 39.8 Å². The molecule has 2 rings (SSSR count). The molecule has 0 saturated heterocycles. The molecule has 0 aliphatic carbocycles. The summed E-state index contributed by atoms with van der Waals surface area (Å²) in [6.07, 6.45) is -0.842. The lowest BCUT2D eigenvalue weighted by Gasteiger charge is -2.10. The number of carbonyl (C=O) groups is 3. The summed E-state index contributed by atoms with van der Waals surface area (Å²) in [5, 5.41) is 5.23. The summed E-state index contributed by atoms with van der Waals surface area (Å²) in [5.41, 5.74) is 1.20.